The highest BCUT2D eigenvalue weighted by molar-refractivity contribution is 7.99. The Bertz CT molecular complexity index is 404. The SMILES string of the molecule is C=C(C)CSc1ncc(C(F)(F)F)cc1Cl. The van der Waals surface area contributed by atoms with Crippen LogP contribution in [0.15, 0.2) is 29.4 Å². The largest absolute Gasteiger partial charge is 0.417 e. The molecule has 1 rings (SSSR count). The van der Waals surface area contributed by atoms with E-state index >= 15 is 0 Å². The van der Waals surface area contributed by atoms with Gasteiger partial charge in [-0.2, -0.15) is 13.2 Å². The molecule has 0 aromatic carbocycles. The third kappa shape index (κ3) is 3.72. The second kappa shape index (κ2) is 5.10. The molecule has 1 nitrogen and oxygen atoms in total. The third-order valence-electron chi connectivity index (χ3n) is 1.59. The predicted molar refractivity (Wildman–Crippen MR) is 59.8 cm³/mol. The lowest BCUT2D eigenvalue weighted by Crippen LogP contribution is -2.05. The van der Waals surface area contributed by atoms with Crippen LogP contribution in [0.2, 0.25) is 5.02 Å². The fraction of sp³-hybridized carbons (Fsp3) is 0.300. The number of pyridine rings is 1. The van der Waals surface area contributed by atoms with Crippen molar-refractivity contribution in [3.63, 3.8) is 0 Å². The van der Waals surface area contributed by atoms with Crippen molar-refractivity contribution in [3.05, 3.63) is 35.0 Å². The first-order valence-electron chi connectivity index (χ1n) is 4.30. The summed E-state index contributed by atoms with van der Waals surface area (Å²) in [6.45, 7) is 5.51. The molecule has 16 heavy (non-hydrogen) atoms. The van der Waals surface area contributed by atoms with Gasteiger partial charge in [0.05, 0.1) is 10.6 Å². The van der Waals surface area contributed by atoms with Crippen molar-refractivity contribution >= 4 is 23.4 Å². The maximum atomic E-state index is 12.3. The van der Waals surface area contributed by atoms with Gasteiger partial charge in [-0.3, -0.25) is 0 Å². The molecule has 0 spiro atoms. The van der Waals surface area contributed by atoms with Crippen LogP contribution in [0.5, 0.6) is 0 Å². The summed E-state index contributed by atoms with van der Waals surface area (Å²) in [6, 6.07) is 0.884. The maximum absolute atomic E-state index is 12.3. The van der Waals surface area contributed by atoms with Gasteiger partial charge in [-0.15, -0.1) is 11.8 Å². The molecule has 88 valence electrons. The normalized spacial score (nSPS) is 11.6. The molecule has 0 saturated heterocycles. The van der Waals surface area contributed by atoms with Gasteiger partial charge in [0.1, 0.15) is 5.03 Å². The van der Waals surface area contributed by atoms with Crippen molar-refractivity contribution in [2.75, 3.05) is 5.75 Å². The summed E-state index contributed by atoms with van der Waals surface area (Å²) in [7, 11) is 0. The summed E-state index contributed by atoms with van der Waals surface area (Å²) in [5, 5.41) is 0.402. The first kappa shape index (κ1) is 13.4. The molecule has 6 heteroatoms. The van der Waals surface area contributed by atoms with Gasteiger partial charge in [-0.1, -0.05) is 23.8 Å². The Balaban J connectivity index is 2.88. The van der Waals surface area contributed by atoms with Crippen LogP contribution in [0.4, 0.5) is 13.2 Å². The van der Waals surface area contributed by atoms with Crippen molar-refractivity contribution in [2.45, 2.75) is 18.1 Å². The fourth-order valence-corrected chi connectivity index (χ4v) is 1.92. The first-order valence-corrected chi connectivity index (χ1v) is 5.67. The highest BCUT2D eigenvalue weighted by atomic mass is 35.5. The van der Waals surface area contributed by atoms with Crippen LogP contribution in [0.3, 0.4) is 0 Å². The Hall–Kier alpha value is -0.680. The summed E-state index contributed by atoms with van der Waals surface area (Å²) in [5.41, 5.74) is 0.0694. The molecule has 0 atom stereocenters. The van der Waals surface area contributed by atoms with Crippen LogP contribution >= 0.6 is 23.4 Å². The van der Waals surface area contributed by atoms with Crippen LogP contribution in [0.25, 0.3) is 0 Å². The zero-order valence-corrected chi connectivity index (χ0v) is 10.0. The standard InChI is InChI=1S/C10H9ClF3NS/c1-6(2)5-16-9-8(11)3-7(4-15-9)10(12,13)14/h3-4H,1,5H2,2H3. The zero-order chi connectivity index (χ0) is 12.3. The first-order chi connectivity index (χ1) is 7.30. The molecule has 0 N–H and O–H groups in total. The van der Waals surface area contributed by atoms with E-state index in [1.54, 1.807) is 0 Å². The molecular weight excluding hydrogens is 259 g/mol. The molecule has 1 heterocycles. The van der Waals surface area contributed by atoms with Crippen molar-refractivity contribution in [1.82, 2.24) is 4.98 Å². The number of thioether (sulfide) groups is 1. The van der Waals surface area contributed by atoms with Crippen molar-refractivity contribution in [1.29, 1.82) is 0 Å². The van der Waals surface area contributed by atoms with Crippen LogP contribution in [0.1, 0.15) is 12.5 Å². The molecule has 0 bridgehead atoms. The quantitative estimate of drug-likeness (QED) is 0.594. The number of halogens is 4. The lowest BCUT2D eigenvalue weighted by atomic mass is 10.3. The summed E-state index contributed by atoms with van der Waals surface area (Å²) in [5.74, 6) is 0.581. The second-order valence-corrected chi connectivity index (χ2v) is 4.63. The number of aromatic nitrogens is 1. The summed E-state index contributed by atoms with van der Waals surface area (Å²) >= 11 is 6.97. The van der Waals surface area contributed by atoms with E-state index in [2.05, 4.69) is 11.6 Å². The van der Waals surface area contributed by atoms with E-state index < -0.39 is 11.7 Å². The molecule has 0 unspecified atom stereocenters. The van der Waals surface area contributed by atoms with Crippen LogP contribution in [-0.4, -0.2) is 10.7 Å². The van der Waals surface area contributed by atoms with E-state index in [1.165, 1.54) is 11.8 Å². The topological polar surface area (TPSA) is 12.9 Å². The van der Waals surface area contributed by atoms with Gasteiger partial charge < -0.3 is 0 Å². The van der Waals surface area contributed by atoms with Gasteiger partial charge in [0.25, 0.3) is 0 Å². The van der Waals surface area contributed by atoms with Gasteiger partial charge in [0.15, 0.2) is 0 Å². The number of alkyl halides is 3. The average Bonchev–Trinajstić information content (AvgIpc) is 2.14. The lowest BCUT2D eigenvalue weighted by molar-refractivity contribution is -0.137. The Morgan fingerprint density at radius 2 is 2.19 bits per heavy atom. The monoisotopic (exact) mass is 267 g/mol. The van der Waals surface area contributed by atoms with Crippen molar-refractivity contribution in [3.8, 4) is 0 Å². The van der Waals surface area contributed by atoms with E-state index in [4.69, 9.17) is 11.6 Å². The minimum Gasteiger partial charge on any atom is -0.248 e. The van der Waals surface area contributed by atoms with Crippen LogP contribution in [-0.2, 0) is 6.18 Å². The Kier molecular flexibility index (Phi) is 4.27. The summed E-state index contributed by atoms with van der Waals surface area (Å²) in [6.07, 6.45) is -3.62. The minimum absolute atomic E-state index is 0.0149. The smallest absolute Gasteiger partial charge is 0.248 e. The van der Waals surface area contributed by atoms with E-state index in [0.717, 1.165) is 17.8 Å². The maximum Gasteiger partial charge on any atom is 0.417 e. The molecule has 0 aliphatic heterocycles. The average molecular weight is 268 g/mol. The molecule has 0 aliphatic carbocycles. The number of hydrogen-bond acceptors (Lipinski definition) is 2. The molecule has 0 amide bonds. The van der Waals surface area contributed by atoms with Gasteiger partial charge in [0, 0.05) is 11.9 Å². The van der Waals surface area contributed by atoms with Crippen molar-refractivity contribution < 1.29 is 13.2 Å². The lowest BCUT2D eigenvalue weighted by Gasteiger charge is -2.08. The molecular formula is C10H9ClF3NS. The van der Waals surface area contributed by atoms with Crippen LogP contribution in [0, 0.1) is 0 Å². The molecule has 1 aromatic rings. The third-order valence-corrected chi connectivity index (χ3v) is 3.23. The van der Waals surface area contributed by atoms with Gasteiger partial charge in [-0.25, -0.2) is 4.98 Å². The Morgan fingerprint density at radius 3 is 2.62 bits per heavy atom. The van der Waals surface area contributed by atoms with Crippen LogP contribution < -0.4 is 0 Å². The number of nitrogens with zero attached hydrogens (tertiary/aromatic N) is 1. The minimum atomic E-state index is -4.41. The van der Waals surface area contributed by atoms with E-state index in [9.17, 15) is 13.2 Å². The van der Waals surface area contributed by atoms with Gasteiger partial charge in [-0.05, 0) is 13.0 Å². The van der Waals surface area contributed by atoms with E-state index in [0.29, 0.717) is 10.8 Å². The Morgan fingerprint density at radius 1 is 1.56 bits per heavy atom. The van der Waals surface area contributed by atoms with Crippen molar-refractivity contribution in [2.24, 2.45) is 0 Å². The Labute approximate surface area is 101 Å². The number of hydrogen-bond donors (Lipinski definition) is 0. The van der Waals surface area contributed by atoms with Gasteiger partial charge >= 0.3 is 6.18 Å². The summed E-state index contributed by atoms with van der Waals surface area (Å²) in [4.78, 5) is 3.69. The van der Waals surface area contributed by atoms with Gasteiger partial charge in [0.2, 0.25) is 0 Å². The molecule has 1 aromatic heterocycles. The highest BCUT2D eigenvalue weighted by Crippen LogP contribution is 2.33. The van der Waals surface area contributed by atoms with E-state index in [-0.39, 0.29) is 5.02 Å². The molecule has 0 radical (unpaired) electrons. The van der Waals surface area contributed by atoms with E-state index in [1.807, 2.05) is 6.92 Å². The molecule has 0 saturated carbocycles. The zero-order valence-electron chi connectivity index (χ0n) is 8.44. The molecule has 0 aliphatic rings. The predicted octanol–water partition coefficient (Wildman–Crippen LogP) is 4.42. The highest BCUT2D eigenvalue weighted by Gasteiger charge is 2.31. The number of rotatable bonds is 3. The second-order valence-electron chi connectivity index (χ2n) is 3.25. The molecule has 0 fully saturated rings. The fourth-order valence-electron chi connectivity index (χ4n) is 0.878. The summed E-state index contributed by atoms with van der Waals surface area (Å²) < 4.78 is 36.9.